The molecule has 1 saturated heterocycles. The highest BCUT2D eigenvalue weighted by Gasteiger charge is 2.40. The standard InChI is InChI=1S/C18H27NO2/c1-13-11-16(17(20)15-8-5-4-7-14(13)15)19-10-6-9-18(2,12-19)21-3/h4-5,7-8,13,16-17,20H,6,9-12H2,1-3H3. The summed E-state index contributed by atoms with van der Waals surface area (Å²) in [7, 11) is 1.80. The Balaban J connectivity index is 1.84. The summed E-state index contributed by atoms with van der Waals surface area (Å²) >= 11 is 0. The van der Waals surface area contributed by atoms with Gasteiger partial charge in [0.1, 0.15) is 0 Å². The number of likely N-dealkylation sites (tertiary alicyclic amines) is 1. The lowest BCUT2D eigenvalue weighted by molar-refractivity contribution is -0.0810. The van der Waals surface area contributed by atoms with E-state index in [1.807, 2.05) is 6.07 Å². The molecule has 0 bridgehead atoms. The molecule has 4 unspecified atom stereocenters. The molecule has 1 aliphatic heterocycles. The van der Waals surface area contributed by atoms with Crippen LogP contribution in [0.3, 0.4) is 0 Å². The minimum Gasteiger partial charge on any atom is -0.387 e. The van der Waals surface area contributed by atoms with E-state index in [4.69, 9.17) is 4.74 Å². The van der Waals surface area contributed by atoms with E-state index in [0.29, 0.717) is 5.92 Å². The third-order valence-corrected chi connectivity index (χ3v) is 5.46. The van der Waals surface area contributed by atoms with Gasteiger partial charge in [0, 0.05) is 19.7 Å². The van der Waals surface area contributed by atoms with Crippen LogP contribution in [0.25, 0.3) is 0 Å². The van der Waals surface area contributed by atoms with Gasteiger partial charge in [-0.05, 0) is 49.8 Å². The number of aliphatic hydroxyl groups excluding tert-OH is 1. The lowest BCUT2D eigenvalue weighted by Crippen LogP contribution is -2.53. The first-order valence-corrected chi connectivity index (χ1v) is 8.10. The molecule has 0 saturated carbocycles. The summed E-state index contributed by atoms with van der Waals surface area (Å²) in [5.41, 5.74) is 2.36. The van der Waals surface area contributed by atoms with E-state index in [1.165, 1.54) is 5.56 Å². The summed E-state index contributed by atoms with van der Waals surface area (Å²) in [5.74, 6) is 0.505. The Hall–Kier alpha value is -0.900. The maximum atomic E-state index is 10.9. The van der Waals surface area contributed by atoms with Gasteiger partial charge in [-0.2, -0.15) is 0 Å². The van der Waals surface area contributed by atoms with Crippen LogP contribution in [-0.4, -0.2) is 41.8 Å². The van der Waals surface area contributed by atoms with Crippen molar-refractivity contribution in [1.82, 2.24) is 4.90 Å². The van der Waals surface area contributed by atoms with Gasteiger partial charge in [0.15, 0.2) is 0 Å². The Bertz CT molecular complexity index is 504. The Morgan fingerprint density at radius 2 is 2.00 bits per heavy atom. The minimum absolute atomic E-state index is 0.0713. The molecule has 1 aliphatic carbocycles. The van der Waals surface area contributed by atoms with Gasteiger partial charge in [-0.25, -0.2) is 0 Å². The van der Waals surface area contributed by atoms with Crippen LogP contribution in [0, 0.1) is 0 Å². The molecular weight excluding hydrogens is 262 g/mol. The number of fused-ring (bicyclic) bond motifs is 1. The summed E-state index contributed by atoms with van der Waals surface area (Å²) in [6, 6.07) is 8.57. The van der Waals surface area contributed by atoms with E-state index in [0.717, 1.165) is 37.9 Å². The molecule has 0 amide bonds. The third kappa shape index (κ3) is 2.75. The Morgan fingerprint density at radius 3 is 2.71 bits per heavy atom. The maximum absolute atomic E-state index is 10.9. The largest absolute Gasteiger partial charge is 0.387 e. The van der Waals surface area contributed by atoms with Crippen molar-refractivity contribution >= 4 is 0 Å². The van der Waals surface area contributed by atoms with Crippen molar-refractivity contribution in [3.63, 3.8) is 0 Å². The fourth-order valence-corrected chi connectivity index (χ4v) is 4.10. The Kier molecular flexibility index (Phi) is 4.08. The van der Waals surface area contributed by atoms with Crippen molar-refractivity contribution in [2.24, 2.45) is 0 Å². The zero-order chi connectivity index (χ0) is 15.0. The number of aliphatic hydroxyl groups is 1. The smallest absolute Gasteiger partial charge is 0.0948 e. The topological polar surface area (TPSA) is 32.7 Å². The van der Waals surface area contributed by atoms with Crippen molar-refractivity contribution in [2.75, 3.05) is 20.2 Å². The zero-order valence-electron chi connectivity index (χ0n) is 13.4. The molecule has 21 heavy (non-hydrogen) atoms. The molecule has 0 radical (unpaired) electrons. The van der Waals surface area contributed by atoms with Gasteiger partial charge < -0.3 is 9.84 Å². The van der Waals surface area contributed by atoms with Gasteiger partial charge in [0.05, 0.1) is 11.7 Å². The van der Waals surface area contributed by atoms with Crippen LogP contribution in [0.15, 0.2) is 24.3 Å². The summed E-state index contributed by atoms with van der Waals surface area (Å²) in [5, 5.41) is 10.9. The minimum atomic E-state index is -0.378. The molecule has 1 aromatic rings. The second-order valence-corrected chi connectivity index (χ2v) is 7.01. The van der Waals surface area contributed by atoms with E-state index in [1.54, 1.807) is 7.11 Å². The van der Waals surface area contributed by atoms with E-state index < -0.39 is 0 Å². The Morgan fingerprint density at radius 1 is 1.29 bits per heavy atom. The summed E-state index contributed by atoms with van der Waals surface area (Å²) in [6.45, 7) is 6.44. The lowest BCUT2D eigenvalue weighted by Gasteiger charge is -2.47. The molecule has 3 nitrogen and oxygen atoms in total. The van der Waals surface area contributed by atoms with Crippen molar-refractivity contribution in [3.8, 4) is 0 Å². The predicted molar refractivity (Wildman–Crippen MR) is 84.4 cm³/mol. The lowest BCUT2D eigenvalue weighted by atomic mass is 9.78. The van der Waals surface area contributed by atoms with Crippen LogP contribution in [0.2, 0.25) is 0 Å². The number of nitrogens with zero attached hydrogens (tertiary/aromatic N) is 1. The predicted octanol–water partition coefficient (Wildman–Crippen LogP) is 3.10. The molecule has 116 valence electrons. The van der Waals surface area contributed by atoms with Crippen LogP contribution in [0.1, 0.15) is 56.3 Å². The van der Waals surface area contributed by atoms with Gasteiger partial charge in [0.2, 0.25) is 0 Å². The highest BCUT2D eigenvalue weighted by Crippen LogP contribution is 2.41. The summed E-state index contributed by atoms with van der Waals surface area (Å²) < 4.78 is 5.71. The molecule has 1 N–H and O–H groups in total. The molecule has 0 spiro atoms. The maximum Gasteiger partial charge on any atom is 0.0948 e. The van der Waals surface area contributed by atoms with E-state index in [-0.39, 0.29) is 17.7 Å². The fraction of sp³-hybridized carbons (Fsp3) is 0.667. The molecule has 2 aliphatic rings. The van der Waals surface area contributed by atoms with Gasteiger partial charge in [0.25, 0.3) is 0 Å². The number of rotatable bonds is 2. The SMILES string of the molecule is COC1(C)CCCN(C2CC(C)c3ccccc3C2O)C1. The summed E-state index contributed by atoms with van der Waals surface area (Å²) in [6.07, 6.45) is 2.90. The van der Waals surface area contributed by atoms with Crippen molar-refractivity contribution in [1.29, 1.82) is 0 Å². The van der Waals surface area contributed by atoms with Crippen LogP contribution in [-0.2, 0) is 4.74 Å². The number of ether oxygens (including phenoxy) is 1. The van der Waals surface area contributed by atoms with Crippen molar-refractivity contribution in [2.45, 2.75) is 56.8 Å². The number of piperidine rings is 1. The van der Waals surface area contributed by atoms with Gasteiger partial charge in [-0.3, -0.25) is 4.90 Å². The third-order valence-electron chi connectivity index (χ3n) is 5.46. The first-order valence-electron chi connectivity index (χ1n) is 8.10. The van der Waals surface area contributed by atoms with Crippen molar-refractivity contribution < 1.29 is 9.84 Å². The number of hydrogen-bond acceptors (Lipinski definition) is 3. The van der Waals surface area contributed by atoms with Crippen LogP contribution >= 0.6 is 0 Å². The van der Waals surface area contributed by atoms with E-state index in [9.17, 15) is 5.11 Å². The van der Waals surface area contributed by atoms with Crippen molar-refractivity contribution in [3.05, 3.63) is 35.4 Å². The van der Waals surface area contributed by atoms with E-state index in [2.05, 4.69) is 36.9 Å². The van der Waals surface area contributed by atoms with Gasteiger partial charge in [-0.15, -0.1) is 0 Å². The molecule has 3 heteroatoms. The molecule has 0 aromatic heterocycles. The number of methoxy groups -OCH3 is 1. The number of benzene rings is 1. The molecule has 1 heterocycles. The highest BCUT2D eigenvalue weighted by atomic mass is 16.5. The Labute approximate surface area is 127 Å². The first kappa shape index (κ1) is 15.0. The van der Waals surface area contributed by atoms with Gasteiger partial charge >= 0.3 is 0 Å². The second kappa shape index (κ2) is 5.71. The molecule has 1 aromatic carbocycles. The fourth-order valence-electron chi connectivity index (χ4n) is 4.10. The van der Waals surface area contributed by atoms with Crippen LogP contribution < -0.4 is 0 Å². The van der Waals surface area contributed by atoms with E-state index >= 15 is 0 Å². The second-order valence-electron chi connectivity index (χ2n) is 7.01. The van der Waals surface area contributed by atoms with Crippen LogP contribution in [0.5, 0.6) is 0 Å². The average molecular weight is 289 g/mol. The average Bonchev–Trinajstić information content (AvgIpc) is 2.51. The van der Waals surface area contributed by atoms with Gasteiger partial charge in [-0.1, -0.05) is 31.2 Å². The highest BCUT2D eigenvalue weighted by molar-refractivity contribution is 5.35. The monoisotopic (exact) mass is 289 g/mol. The zero-order valence-corrected chi connectivity index (χ0v) is 13.4. The molecule has 4 atom stereocenters. The first-order chi connectivity index (χ1) is 10.0. The molecule has 1 fully saturated rings. The van der Waals surface area contributed by atoms with Crippen LogP contribution in [0.4, 0.5) is 0 Å². The normalized spacial score (nSPS) is 37.2. The number of hydrogen-bond donors (Lipinski definition) is 1. The quantitative estimate of drug-likeness (QED) is 0.908. The molecular formula is C18H27NO2. The summed E-state index contributed by atoms with van der Waals surface area (Å²) in [4.78, 5) is 2.45. The molecule has 3 rings (SSSR count).